The number of nitrogens with one attached hydrogen (secondary N) is 2. The van der Waals surface area contributed by atoms with Gasteiger partial charge in [-0.1, -0.05) is 13.3 Å². The smallest absolute Gasteiger partial charge is 0.0415 e. The Labute approximate surface area is 116 Å². The van der Waals surface area contributed by atoms with Crippen molar-refractivity contribution in [2.75, 3.05) is 25.2 Å². The molecule has 2 atom stereocenters. The van der Waals surface area contributed by atoms with Gasteiger partial charge in [0.05, 0.1) is 0 Å². The molecular formula is C13H28N4S. The van der Waals surface area contributed by atoms with E-state index in [1.807, 2.05) is 18.8 Å². The van der Waals surface area contributed by atoms with Gasteiger partial charge in [0, 0.05) is 25.2 Å². The Bertz CT molecular complexity index is 225. The second-order valence-corrected chi connectivity index (χ2v) is 6.04. The Balaban J connectivity index is 2.37. The van der Waals surface area contributed by atoms with Gasteiger partial charge in [0.2, 0.25) is 0 Å². The first-order chi connectivity index (χ1) is 8.81. The SMILES string of the molecule is C=NNN(CCC)[C@H]1CCCC(CSCNC)C1. The molecule has 5 heteroatoms. The van der Waals surface area contributed by atoms with Crippen LogP contribution in [0.25, 0.3) is 0 Å². The fourth-order valence-corrected chi connectivity index (χ4v) is 3.63. The van der Waals surface area contributed by atoms with E-state index in [4.69, 9.17) is 0 Å². The van der Waals surface area contributed by atoms with Gasteiger partial charge < -0.3 is 5.32 Å². The van der Waals surface area contributed by atoms with Crippen LogP contribution >= 0.6 is 11.8 Å². The van der Waals surface area contributed by atoms with Gasteiger partial charge in [-0.25, -0.2) is 10.5 Å². The third-order valence-electron chi connectivity index (χ3n) is 3.46. The first kappa shape index (κ1) is 15.8. The van der Waals surface area contributed by atoms with Crippen molar-refractivity contribution in [1.82, 2.24) is 15.9 Å². The summed E-state index contributed by atoms with van der Waals surface area (Å²) in [6.07, 6.45) is 6.45. The van der Waals surface area contributed by atoms with E-state index in [1.165, 1.54) is 31.4 Å². The fraction of sp³-hybridized carbons (Fsp3) is 0.923. The van der Waals surface area contributed by atoms with Crippen molar-refractivity contribution in [3.05, 3.63) is 0 Å². The average molecular weight is 272 g/mol. The summed E-state index contributed by atoms with van der Waals surface area (Å²) in [5, 5.41) is 9.32. The third kappa shape index (κ3) is 5.59. The molecule has 1 unspecified atom stereocenters. The lowest BCUT2D eigenvalue weighted by Gasteiger charge is -2.36. The molecule has 1 fully saturated rings. The van der Waals surface area contributed by atoms with Gasteiger partial charge in [0.1, 0.15) is 0 Å². The molecule has 1 rings (SSSR count). The summed E-state index contributed by atoms with van der Waals surface area (Å²) in [4.78, 5) is 0. The summed E-state index contributed by atoms with van der Waals surface area (Å²) in [6, 6.07) is 0.629. The molecule has 2 N–H and O–H groups in total. The summed E-state index contributed by atoms with van der Waals surface area (Å²) in [5.41, 5.74) is 3.07. The van der Waals surface area contributed by atoms with E-state index in [2.05, 4.69) is 34.6 Å². The summed E-state index contributed by atoms with van der Waals surface area (Å²) in [5.74, 6) is 3.19. The molecular weight excluding hydrogens is 244 g/mol. The molecule has 0 aromatic heterocycles. The molecule has 18 heavy (non-hydrogen) atoms. The molecule has 0 aromatic rings. The highest BCUT2D eigenvalue weighted by Crippen LogP contribution is 2.29. The molecule has 0 bridgehead atoms. The van der Waals surface area contributed by atoms with E-state index in [9.17, 15) is 0 Å². The molecule has 1 saturated carbocycles. The fourth-order valence-electron chi connectivity index (χ4n) is 2.67. The molecule has 4 nitrogen and oxygen atoms in total. The predicted molar refractivity (Wildman–Crippen MR) is 81.8 cm³/mol. The number of thioether (sulfide) groups is 1. The lowest BCUT2D eigenvalue weighted by atomic mass is 9.86. The van der Waals surface area contributed by atoms with Crippen LogP contribution in [0.3, 0.4) is 0 Å². The summed E-state index contributed by atoms with van der Waals surface area (Å²) < 4.78 is 0. The maximum Gasteiger partial charge on any atom is 0.0415 e. The molecule has 0 spiro atoms. The summed E-state index contributed by atoms with van der Waals surface area (Å²) >= 11 is 2.01. The zero-order valence-electron chi connectivity index (χ0n) is 11.8. The lowest BCUT2D eigenvalue weighted by Crippen LogP contribution is -2.46. The molecule has 0 aliphatic heterocycles. The van der Waals surface area contributed by atoms with Crippen molar-refractivity contribution in [2.45, 2.75) is 45.1 Å². The van der Waals surface area contributed by atoms with Crippen LogP contribution in [0.15, 0.2) is 5.10 Å². The minimum absolute atomic E-state index is 0.629. The normalized spacial score (nSPS) is 24.2. The number of nitrogens with zero attached hydrogens (tertiary/aromatic N) is 2. The van der Waals surface area contributed by atoms with Crippen LogP contribution in [-0.4, -0.2) is 43.0 Å². The van der Waals surface area contributed by atoms with Crippen LogP contribution in [0.2, 0.25) is 0 Å². The average Bonchev–Trinajstić information content (AvgIpc) is 2.39. The van der Waals surface area contributed by atoms with Crippen LogP contribution in [-0.2, 0) is 0 Å². The highest BCUT2D eigenvalue weighted by Gasteiger charge is 2.26. The number of hydrazine groups is 1. The Hall–Kier alpha value is -0.260. The van der Waals surface area contributed by atoms with Gasteiger partial charge in [-0.3, -0.25) is 0 Å². The largest absolute Gasteiger partial charge is 0.311 e. The van der Waals surface area contributed by atoms with Crippen molar-refractivity contribution < 1.29 is 0 Å². The quantitative estimate of drug-likeness (QED) is 0.292. The van der Waals surface area contributed by atoms with Crippen molar-refractivity contribution >= 4 is 18.5 Å². The molecule has 0 heterocycles. The van der Waals surface area contributed by atoms with Gasteiger partial charge in [-0.2, -0.15) is 5.10 Å². The maximum absolute atomic E-state index is 3.84. The minimum Gasteiger partial charge on any atom is -0.311 e. The van der Waals surface area contributed by atoms with Crippen molar-refractivity contribution in [2.24, 2.45) is 11.0 Å². The van der Waals surface area contributed by atoms with E-state index in [0.717, 1.165) is 24.8 Å². The second-order valence-electron chi connectivity index (χ2n) is 5.01. The molecule has 0 saturated heterocycles. The standard InChI is InChI=1S/C13H28N4S/c1-4-8-17(16-15-3)13-7-5-6-12(9-13)10-18-11-14-2/h12-14,16H,3-11H2,1-2H3/t12?,13-/m0/s1. The van der Waals surface area contributed by atoms with Gasteiger partial charge >= 0.3 is 0 Å². The monoisotopic (exact) mass is 272 g/mol. The topological polar surface area (TPSA) is 39.7 Å². The molecule has 0 aromatic carbocycles. The van der Waals surface area contributed by atoms with Crippen LogP contribution in [0, 0.1) is 5.92 Å². The Kier molecular flexibility index (Phi) is 8.46. The van der Waals surface area contributed by atoms with Gasteiger partial charge in [0.25, 0.3) is 0 Å². The van der Waals surface area contributed by atoms with E-state index >= 15 is 0 Å². The number of rotatable bonds is 9. The molecule has 0 radical (unpaired) electrons. The zero-order chi connectivity index (χ0) is 13.2. The van der Waals surface area contributed by atoms with E-state index in [-0.39, 0.29) is 0 Å². The van der Waals surface area contributed by atoms with Crippen molar-refractivity contribution in [3.8, 4) is 0 Å². The Morgan fingerprint density at radius 2 is 2.28 bits per heavy atom. The molecule has 1 aliphatic carbocycles. The molecule has 106 valence electrons. The Morgan fingerprint density at radius 3 is 2.94 bits per heavy atom. The highest BCUT2D eigenvalue weighted by atomic mass is 32.2. The predicted octanol–water partition coefficient (Wildman–Crippen LogP) is 2.29. The second kappa shape index (κ2) is 9.64. The van der Waals surface area contributed by atoms with Gasteiger partial charge in [-0.15, -0.1) is 11.8 Å². The summed E-state index contributed by atoms with van der Waals surface area (Å²) in [6.45, 7) is 6.81. The zero-order valence-corrected chi connectivity index (χ0v) is 12.6. The van der Waals surface area contributed by atoms with Gasteiger partial charge in [-0.05, 0) is 44.4 Å². The number of hydrogen-bond acceptors (Lipinski definition) is 5. The van der Waals surface area contributed by atoms with E-state index < -0.39 is 0 Å². The minimum atomic E-state index is 0.629. The van der Waals surface area contributed by atoms with Crippen LogP contribution < -0.4 is 10.9 Å². The first-order valence-corrected chi connectivity index (χ1v) is 8.17. The summed E-state index contributed by atoms with van der Waals surface area (Å²) in [7, 11) is 2.01. The highest BCUT2D eigenvalue weighted by molar-refractivity contribution is 7.99. The molecule has 0 amide bonds. The van der Waals surface area contributed by atoms with Crippen LogP contribution in [0.4, 0.5) is 0 Å². The van der Waals surface area contributed by atoms with Crippen molar-refractivity contribution in [3.63, 3.8) is 0 Å². The van der Waals surface area contributed by atoms with E-state index in [0.29, 0.717) is 6.04 Å². The third-order valence-corrected chi connectivity index (χ3v) is 4.66. The molecule has 1 aliphatic rings. The maximum atomic E-state index is 3.84. The van der Waals surface area contributed by atoms with Gasteiger partial charge in [0.15, 0.2) is 0 Å². The van der Waals surface area contributed by atoms with Crippen LogP contribution in [0.1, 0.15) is 39.0 Å². The number of hydrazone groups is 1. The Morgan fingerprint density at radius 1 is 1.44 bits per heavy atom. The van der Waals surface area contributed by atoms with Crippen LogP contribution in [0.5, 0.6) is 0 Å². The lowest BCUT2D eigenvalue weighted by molar-refractivity contribution is 0.0832. The number of hydrogen-bond donors (Lipinski definition) is 2. The first-order valence-electron chi connectivity index (χ1n) is 7.02. The van der Waals surface area contributed by atoms with E-state index in [1.54, 1.807) is 0 Å². The van der Waals surface area contributed by atoms with Crippen molar-refractivity contribution in [1.29, 1.82) is 0 Å².